The molecule has 4 atom stereocenters. The number of aromatic nitrogens is 3. The second-order valence-electron chi connectivity index (χ2n) is 7.22. The van der Waals surface area contributed by atoms with E-state index in [-0.39, 0.29) is 29.4 Å². The van der Waals surface area contributed by atoms with Crippen LogP contribution in [0.1, 0.15) is 24.9 Å². The van der Waals surface area contributed by atoms with Crippen LogP contribution < -0.4 is 11.4 Å². The predicted molar refractivity (Wildman–Crippen MR) is 83.2 cm³/mol. The number of hydrogen-bond acceptors (Lipinski definition) is 4. The summed E-state index contributed by atoms with van der Waals surface area (Å²) in [7, 11) is 0. The number of fused-ring (bicyclic) bond motifs is 2. The minimum atomic E-state index is -0.583. The van der Waals surface area contributed by atoms with Crippen LogP contribution in [0.4, 0.5) is 0 Å². The number of nitrogens with zero attached hydrogens (tertiary/aromatic N) is 3. The summed E-state index contributed by atoms with van der Waals surface area (Å²) >= 11 is 0. The van der Waals surface area contributed by atoms with Gasteiger partial charge < -0.3 is 9.47 Å². The first-order valence-electron chi connectivity index (χ1n) is 8.51. The minimum Gasteiger partial charge on any atom is -0.347 e. The molecule has 124 valence electrons. The van der Waals surface area contributed by atoms with Crippen molar-refractivity contribution in [3.05, 3.63) is 51.3 Å². The summed E-state index contributed by atoms with van der Waals surface area (Å²) in [4.78, 5) is 26.0. The second kappa shape index (κ2) is 4.10. The molecule has 0 N–H and O–H groups in total. The van der Waals surface area contributed by atoms with Crippen molar-refractivity contribution in [3.63, 3.8) is 0 Å². The molecule has 7 nitrogen and oxygen atoms in total. The molecule has 2 saturated carbocycles. The summed E-state index contributed by atoms with van der Waals surface area (Å²) in [5.41, 5.74) is 0.123. The lowest BCUT2D eigenvalue weighted by molar-refractivity contribution is -0.198. The van der Waals surface area contributed by atoms with Crippen LogP contribution >= 0.6 is 0 Å². The summed E-state index contributed by atoms with van der Waals surface area (Å²) in [6, 6.07) is 9.14. The lowest BCUT2D eigenvalue weighted by Crippen LogP contribution is -2.42. The fraction of sp³-hybridized carbons (Fsp3) is 0.529. The topological polar surface area (TPSA) is 67.4 Å². The van der Waals surface area contributed by atoms with Gasteiger partial charge in [-0.25, -0.2) is 23.5 Å². The Hall–Kier alpha value is -2.12. The SMILES string of the molecule is O=c1n(-c2ccccc2)c(=O)n2n1C1CC3CC4(OCCO4)C1C32. The number of ether oxygens (including phenoxy) is 2. The van der Waals surface area contributed by atoms with E-state index in [0.29, 0.717) is 24.8 Å². The van der Waals surface area contributed by atoms with Gasteiger partial charge >= 0.3 is 11.4 Å². The van der Waals surface area contributed by atoms with Crippen LogP contribution in [-0.2, 0) is 9.47 Å². The van der Waals surface area contributed by atoms with Gasteiger partial charge in [-0.2, -0.15) is 0 Å². The Morgan fingerprint density at radius 1 is 1.00 bits per heavy atom. The van der Waals surface area contributed by atoms with Gasteiger partial charge in [0.1, 0.15) is 0 Å². The molecule has 3 heterocycles. The maximum absolute atomic E-state index is 13.0. The van der Waals surface area contributed by atoms with E-state index in [0.717, 1.165) is 12.8 Å². The maximum atomic E-state index is 13.0. The molecule has 1 aromatic heterocycles. The minimum absolute atomic E-state index is 0.00277. The quantitative estimate of drug-likeness (QED) is 0.772. The summed E-state index contributed by atoms with van der Waals surface area (Å²) in [5, 5.41) is 0. The van der Waals surface area contributed by atoms with E-state index >= 15 is 0 Å². The highest BCUT2D eigenvalue weighted by atomic mass is 16.7. The molecule has 1 aromatic carbocycles. The zero-order chi connectivity index (χ0) is 16.1. The fourth-order valence-corrected chi connectivity index (χ4v) is 5.60. The molecule has 2 aromatic rings. The third kappa shape index (κ3) is 1.30. The zero-order valence-electron chi connectivity index (χ0n) is 13.0. The molecule has 0 radical (unpaired) electrons. The first kappa shape index (κ1) is 13.2. The summed E-state index contributed by atoms with van der Waals surface area (Å²) in [6.45, 7) is 1.20. The van der Waals surface area contributed by atoms with Gasteiger partial charge in [-0.05, 0) is 24.5 Å². The standard InChI is InChI=1S/C17H17N3O4/c21-15-18(11-4-2-1-3-5-11)16(22)20-14-10-8-12(19(15)20)13(14)17(9-10)23-6-7-24-17/h1-5,10,12-14H,6-9H2. The van der Waals surface area contributed by atoms with Gasteiger partial charge in [0.05, 0.1) is 36.9 Å². The highest BCUT2D eigenvalue weighted by molar-refractivity contribution is 5.31. The molecule has 4 unspecified atom stereocenters. The molecule has 6 rings (SSSR count). The van der Waals surface area contributed by atoms with Gasteiger partial charge in [-0.15, -0.1) is 0 Å². The van der Waals surface area contributed by atoms with Gasteiger partial charge in [0.25, 0.3) is 0 Å². The normalized spacial score (nSPS) is 34.3. The summed E-state index contributed by atoms with van der Waals surface area (Å²) in [6.07, 6.45) is 1.76. The molecule has 1 spiro atoms. The lowest BCUT2D eigenvalue weighted by atomic mass is 9.89. The lowest BCUT2D eigenvalue weighted by Gasteiger charge is -2.34. The Bertz CT molecular complexity index is 950. The highest BCUT2D eigenvalue weighted by Crippen LogP contribution is 2.66. The van der Waals surface area contributed by atoms with Crippen molar-refractivity contribution in [1.82, 2.24) is 13.9 Å². The monoisotopic (exact) mass is 327 g/mol. The van der Waals surface area contributed by atoms with Gasteiger partial charge in [-0.3, -0.25) is 0 Å². The third-order valence-corrected chi connectivity index (χ3v) is 6.26. The van der Waals surface area contributed by atoms with Crippen molar-refractivity contribution < 1.29 is 9.47 Å². The van der Waals surface area contributed by atoms with E-state index in [9.17, 15) is 9.59 Å². The fourth-order valence-electron chi connectivity index (χ4n) is 5.60. The Morgan fingerprint density at radius 2 is 1.71 bits per heavy atom. The Labute approximate surface area is 137 Å². The van der Waals surface area contributed by atoms with Gasteiger partial charge in [0.15, 0.2) is 5.79 Å². The molecule has 2 aliphatic carbocycles. The molecule has 24 heavy (non-hydrogen) atoms. The van der Waals surface area contributed by atoms with E-state index in [1.807, 2.05) is 18.2 Å². The van der Waals surface area contributed by atoms with Crippen LogP contribution in [0.2, 0.25) is 0 Å². The number of hydrogen-bond donors (Lipinski definition) is 0. The molecule has 3 fully saturated rings. The van der Waals surface area contributed by atoms with Crippen LogP contribution in [0.5, 0.6) is 0 Å². The third-order valence-electron chi connectivity index (χ3n) is 6.26. The van der Waals surface area contributed by atoms with Crippen LogP contribution in [0.3, 0.4) is 0 Å². The van der Waals surface area contributed by atoms with Crippen molar-refractivity contribution in [3.8, 4) is 5.69 Å². The van der Waals surface area contributed by atoms with Crippen LogP contribution in [-0.4, -0.2) is 32.9 Å². The van der Waals surface area contributed by atoms with Crippen molar-refractivity contribution in [2.75, 3.05) is 13.2 Å². The first-order valence-corrected chi connectivity index (χ1v) is 8.51. The Kier molecular flexibility index (Phi) is 2.25. The van der Waals surface area contributed by atoms with E-state index in [1.54, 1.807) is 21.5 Å². The van der Waals surface area contributed by atoms with E-state index in [2.05, 4.69) is 0 Å². The molecule has 2 aliphatic heterocycles. The molecule has 1 saturated heterocycles. The van der Waals surface area contributed by atoms with E-state index < -0.39 is 5.79 Å². The van der Waals surface area contributed by atoms with Crippen molar-refractivity contribution in [2.45, 2.75) is 30.7 Å². The van der Waals surface area contributed by atoms with E-state index in [1.165, 1.54) is 4.57 Å². The average molecular weight is 327 g/mol. The van der Waals surface area contributed by atoms with Crippen LogP contribution in [0.15, 0.2) is 39.9 Å². The Balaban J connectivity index is 1.56. The van der Waals surface area contributed by atoms with Crippen LogP contribution in [0.25, 0.3) is 5.69 Å². The molecule has 4 aliphatic rings. The zero-order valence-corrected chi connectivity index (χ0v) is 13.0. The second-order valence-corrected chi connectivity index (χ2v) is 7.22. The largest absolute Gasteiger partial charge is 0.352 e. The molecule has 0 amide bonds. The average Bonchev–Trinajstić information content (AvgIpc) is 3.36. The number of rotatable bonds is 1. The predicted octanol–water partition coefficient (Wildman–Crippen LogP) is 0.679. The van der Waals surface area contributed by atoms with Crippen molar-refractivity contribution in [1.29, 1.82) is 0 Å². The van der Waals surface area contributed by atoms with Crippen LogP contribution in [0, 0.1) is 11.8 Å². The molecule has 4 bridgehead atoms. The number of benzene rings is 1. The smallest absolute Gasteiger partial charge is 0.347 e. The molecular formula is C17H17N3O4. The van der Waals surface area contributed by atoms with Crippen molar-refractivity contribution >= 4 is 0 Å². The highest BCUT2D eigenvalue weighted by Gasteiger charge is 2.70. The van der Waals surface area contributed by atoms with Gasteiger partial charge in [0, 0.05) is 6.42 Å². The van der Waals surface area contributed by atoms with E-state index in [4.69, 9.17) is 9.47 Å². The molecular weight excluding hydrogens is 310 g/mol. The summed E-state index contributed by atoms with van der Waals surface area (Å²) < 4.78 is 16.5. The van der Waals surface area contributed by atoms with Gasteiger partial charge in [-0.1, -0.05) is 18.2 Å². The van der Waals surface area contributed by atoms with Crippen molar-refractivity contribution in [2.24, 2.45) is 11.8 Å². The van der Waals surface area contributed by atoms with Gasteiger partial charge in [0.2, 0.25) is 0 Å². The number of para-hydroxylation sites is 1. The Morgan fingerprint density at radius 3 is 2.46 bits per heavy atom. The summed E-state index contributed by atoms with van der Waals surface area (Å²) in [5.74, 6) is -0.154. The first-order chi connectivity index (χ1) is 11.7. The molecule has 7 heteroatoms. The maximum Gasteiger partial charge on any atom is 0.352 e.